The van der Waals surface area contributed by atoms with E-state index in [9.17, 15) is 9.59 Å². The highest BCUT2D eigenvalue weighted by Gasteiger charge is 2.26. The van der Waals surface area contributed by atoms with Crippen molar-refractivity contribution in [2.24, 2.45) is 11.0 Å². The van der Waals surface area contributed by atoms with Crippen molar-refractivity contribution in [2.75, 3.05) is 39.5 Å². The Morgan fingerprint density at radius 3 is 2.55 bits per heavy atom. The molecule has 0 saturated carbocycles. The zero-order chi connectivity index (χ0) is 26.1. The zero-order valence-corrected chi connectivity index (χ0v) is 22.5. The van der Waals surface area contributed by atoms with Crippen molar-refractivity contribution in [3.05, 3.63) is 74.5 Å². The number of benzene rings is 2. The summed E-state index contributed by atoms with van der Waals surface area (Å²) < 4.78 is 12.8. The summed E-state index contributed by atoms with van der Waals surface area (Å²) in [6.07, 6.45) is 4.48. The second-order valence-corrected chi connectivity index (χ2v) is 11.3. The van der Waals surface area contributed by atoms with Gasteiger partial charge in [-0.3, -0.25) is 9.59 Å². The van der Waals surface area contributed by atoms with E-state index in [-0.39, 0.29) is 11.0 Å². The molecule has 38 heavy (non-hydrogen) atoms. The fourth-order valence-corrected chi connectivity index (χ4v) is 6.43. The molecule has 3 aliphatic rings. The van der Waals surface area contributed by atoms with Crippen LogP contribution in [0.1, 0.15) is 34.3 Å². The van der Waals surface area contributed by atoms with Gasteiger partial charge in [-0.05, 0) is 72.3 Å². The van der Waals surface area contributed by atoms with Crippen LogP contribution in [0.15, 0.2) is 57.4 Å². The van der Waals surface area contributed by atoms with E-state index in [0.717, 1.165) is 72.3 Å². The van der Waals surface area contributed by atoms with Crippen molar-refractivity contribution in [3.8, 4) is 0 Å². The summed E-state index contributed by atoms with van der Waals surface area (Å²) >= 11 is 7.57. The third kappa shape index (κ3) is 5.33. The molecule has 1 aromatic heterocycles. The summed E-state index contributed by atoms with van der Waals surface area (Å²) in [4.78, 5) is 30.2. The van der Waals surface area contributed by atoms with Crippen LogP contribution in [0, 0.1) is 5.92 Å². The average molecular weight is 553 g/mol. The fraction of sp³-hybridized carbons (Fsp3) is 0.393. The molecule has 2 aromatic carbocycles. The highest BCUT2D eigenvalue weighted by Crippen LogP contribution is 2.35. The van der Waals surface area contributed by atoms with E-state index in [1.54, 1.807) is 34.8 Å². The van der Waals surface area contributed by atoms with Crippen LogP contribution in [-0.2, 0) is 22.4 Å². The van der Waals surface area contributed by atoms with Gasteiger partial charge in [0.2, 0.25) is 5.43 Å². The number of hydrogen-bond donors (Lipinski definition) is 1. The third-order valence-electron chi connectivity index (χ3n) is 7.26. The number of halogens is 1. The number of amidine groups is 1. The topological polar surface area (TPSA) is 85.2 Å². The number of ether oxygens (including phenoxy) is 2. The number of carbonyl (C=O) groups excluding carboxylic acids is 1. The SMILES string of the molecule is O=C(NCc1ccc(Cl)cc1)c1cn2c3c(cc(CC4CCOCC4)cc3c1=O)SC(N1CCOCC1)=N2. The van der Waals surface area contributed by atoms with Crippen LogP contribution in [0.2, 0.25) is 5.02 Å². The van der Waals surface area contributed by atoms with Crippen molar-refractivity contribution >= 4 is 45.3 Å². The molecular formula is C28H29ClN4O4S. The van der Waals surface area contributed by atoms with Crippen molar-refractivity contribution in [1.29, 1.82) is 0 Å². The fourth-order valence-electron chi connectivity index (χ4n) is 5.16. The van der Waals surface area contributed by atoms with Crippen molar-refractivity contribution < 1.29 is 14.3 Å². The van der Waals surface area contributed by atoms with E-state index in [0.29, 0.717) is 36.1 Å². The second-order valence-electron chi connectivity index (χ2n) is 9.86. The largest absolute Gasteiger partial charge is 0.381 e. The Kier molecular flexibility index (Phi) is 7.43. The lowest BCUT2D eigenvalue weighted by Crippen LogP contribution is -2.40. The van der Waals surface area contributed by atoms with Gasteiger partial charge < -0.3 is 19.7 Å². The molecule has 0 unspecified atom stereocenters. The molecule has 10 heteroatoms. The summed E-state index contributed by atoms with van der Waals surface area (Å²) in [7, 11) is 0. The van der Waals surface area contributed by atoms with Gasteiger partial charge in [0, 0.05) is 54.3 Å². The Labute approximate surface area is 229 Å². The molecule has 6 rings (SSSR count). The van der Waals surface area contributed by atoms with Crippen LogP contribution in [-0.4, -0.2) is 60.2 Å². The summed E-state index contributed by atoms with van der Waals surface area (Å²) in [5.41, 5.74) is 2.57. The van der Waals surface area contributed by atoms with Crippen molar-refractivity contribution in [1.82, 2.24) is 14.9 Å². The normalized spacial score (nSPS) is 17.9. The second kappa shape index (κ2) is 11.1. The highest BCUT2D eigenvalue weighted by molar-refractivity contribution is 8.14. The van der Waals surface area contributed by atoms with Gasteiger partial charge in [0.15, 0.2) is 5.17 Å². The minimum atomic E-state index is -0.423. The number of pyridine rings is 1. The van der Waals surface area contributed by atoms with Gasteiger partial charge in [-0.25, -0.2) is 4.68 Å². The van der Waals surface area contributed by atoms with E-state index >= 15 is 0 Å². The Balaban J connectivity index is 1.38. The van der Waals surface area contributed by atoms with Gasteiger partial charge >= 0.3 is 0 Å². The van der Waals surface area contributed by atoms with Gasteiger partial charge in [-0.1, -0.05) is 23.7 Å². The van der Waals surface area contributed by atoms with Crippen LogP contribution < -0.4 is 10.7 Å². The van der Waals surface area contributed by atoms with E-state index in [1.165, 1.54) is 0 Å². The number of carbonyl (C=O) groups is 1. The molecule has 0 bridgehead atoms. The molecule has 0 spiro atoms. The lowest BCUT2D eigenvalue weighted by molar-refractivity contribution is 0.0665. The number of rotatable bonds is 5. The van der Waals surface area contributed by atoms with Crippen LogP contribution in [0.4, 0.5) is 0 Å². The molecule has 2 saturated heterocycles. The first-order chi connectivity index (χ1) is 18.5. The molecule has 1 amide bonds. The van der Waals surface area contributed by atoms with E-state index < -0.39 is 5.91 Å². The van der Waals surface area contributed by atoms with Crippen LogP contribution in [0.5, 0.6) is 0 Å². The quantitative estimate of drug-likeness (QED) is 0.513. The Bertz CT molecular complexity index is 1440. The number of nitrogens with one attached hydrogen (secondary N) is 1. The molecule has 198 valence electrons. The summed E-state index contributed by atoms with van der Waals surface area (Å²) in [6.45, 7) is 4.64. The monoisotopic (exact) mass is 552 g/mol. The van der Waals surface area contributed by atoms with Crippen molar-refractivity contribution in [2.45, 2.75) is 30.7 Å². The third-order valence-corrected chi connectivity index (χ3v) is 8.56. The Hall–Kier alpha value is -2.85. The predicted molar refractivity (Wildman–Crippen MR) is 149 cm³/mol. The molecule has 0 radical (unpaired) electrons. The van der Waals surface area contributed by atoms with Crippen molar-refractivity contribution in [3.63, 3.8) is 0 Å². The number of amides is 1. The molecule has 3 aliphatic heterocycles. The van der Waals surface area contributed by atoms with Crippen LogP contribution in [0.25, 0.3) is 10.9 Å². The standard InChI is InChI=1S/C28H29ClN4O4S/c29-21-3-1-19(2-4-21)16-30-27(35)23-17-33-25-22(26(23)34)14-20(13-18-5-9-36-10-6-18)15-24(25)38-28(31-33)32-7-11-37-12-8-32/h1-4,14-15,17-18H,5-13,16H2,(H,30,35). The maximum absolute atomic E-state index is 13.7. The number of nitrogens with zero attached hydrogens (tertiary/aromatic N) is 3. The molecule has 2 fully saturated rings. The first-order valence-electron chi connectivity index (χ1n) is 13.0. The molecule has 0 aliphatic carbocycles. The molecule has 4 heterocycles. The molecule has 3 aromatic rings. The maximum atomic E-state index is 13.7. The minimum Gasteiger partial charge on any atom is -0.381 e. The highest BCUT2D eigenvalue weighted by atomic mass is 35.5. The molecular weight excluding hydrogens is 524 g/mol. The molecule has 8 nitrogen and oxygen atoms in total. The van der Waals surface area contributed by atoms with E-state index in [4.69, 9.17) is 26.2 Å². The van der Waals surface area contributed by atoms with Crippen LogP contribution in [0.3, 0.4) is 0 Å². The maximum Gasteiger partial charge on any atom is 0.257 e. The average Bonchev–Trinajstić information content (AvgIpc) is 2.95. The first-order valence-corrected chi connectivity index (χ1v) is 14.2. The van der Waals surface area contributed by atoms with Gasteiger partial charge in [-0.2, -0.15) is 0 Å². The van der Waals surface area contributed by atoms with Gasteiger partial charge in [0.25, 0.3) is 5.91 Å². The lowest BCUT2D eigenvalue weighted by atomic mass is 9.91. The summed E-state index contributed by atoms with van der Waals surface area (Å²) in [5, 5.41) is 9.76. The zero-order valence-electron chi connectivity index (χ0n) is 21.0. The number of thioether (sulfide) groups is 1. The van der Waals surface area contributed by atoms with Gasteiger partial charge in [0.1, 0.15) is 5.56 Å². The van der Waals surface area contributed by atoms with Crippen LogP contribution >= 0.6 is 23.4 Å². The van der Waals surface area contributed by atoms with Gasteiger partial charge in [0.05, 0.1) is 18.7 Å². The molecule has 1 N–H and O–H groups in total. The summed E-state index contributed by atoms with van der Waals surface area (Å²) in [6, 6.07) is 11.4. The van der Waals surface area contributed by atoms with Gasteiger partial charge in [-0.15, -0.1) is 5.10 Å². The number of aromatic nitrogens is 1. The number of morpholine rings is 1. The first kappa shape index (κ1) is 25.4. The Morgan fingerprint density at radius 1 is 1.05 bits per heavy atom. The smallest absolute Gasteiger partial charge is 0.257 e. The predicted octanol–water partition coefficient (Wildman–Crippen LogP) is 4.11. The van der Waals surface area contributed by atoms with E-state index in [1.807, 2.05) is 18.2 Å². The lowest BCUT2D eigenvalue weighted by Gasteiger charge is -2.31. The Morgan fingerprint density at radius 2 is 1.79 bits per heavy atom. The number of hydrogen-bond acceptors (Lipinski definition) is 7. The molecule has 0 atom stereocenters. The minimum absolute atomic E-state index is 0.0811. The van der Waals surface area contributed by atoms with E-state index in [2.05, 4.69) is 16.3 Å². The summed E-state index contributed by atoms with van der Waals surface area (Å²) in [5.74, 6) is 0.0933.